The summed E-state index contributed by atoms with van der Waals surface area (Å²) in [6.07, 6.45) is 6.96. The molecule has 7 rings (SSSR count). The Morgan fingerprint density at radius 2 is 1.86 bits per heavy atom. The Balaban J connectivity index is 0.00000549. The van der Waals surface area contributed by atoms with Crippen LogP contribution in [0.25, 0.3) is 10.8 Å². The third-order valence-electron chi connectivity index (χ3n) is 12.3. The molecule has 0 bridgehead atoms. The molecule has 5 aliphatic rings. The number of ether oxygens (including phenoxy) is 3. The van der Waals surface area contributed by atoms with Gasteiger partial charge in [-0.3, -0.25) is 19.1 Å². The number of carbonyl (C=O) groups excluding carboxylic acids is 4. The van der Waals surface area contributed by atoms with E-state index in [0.29, 0.717) is 50.2 Å². The van der Waals surface area contributed by atoms with Crippen LogP contribution in [0, 0.1) is 54.9 Å². The first-order valence-electron chi connectivity index (χ1n) is 19.6. The Morgan fingerprint density at radius 1 is 1.12 bits per heavy atom. The molecule has 4 fully saturated rings. The maximum absolute atomic E-state index is 14.9. The molecule has 0 radical (unpaired) electrons. The van der Waals surface area contributed by atoms with E-state index in [0.717, 1.165) is 11.8 Å². The summed E-state index contributed by atoms with van der Waals surface area (Å²) in [4.78, 5) is 62.6. The summed E-state index contributed by atoms with van der Waals surface area (Å²) < 4.78 is 58.4. The predicted octanol–water partition coefficient (Wildman–Crippen LogP) is 3.88. The number of allylic oxidation sites excluding steroid dienone is 1. The number of sulfonamides is 1. The number of amides is 4. The van der Waals surface area contributed by atoms with Gasteiger partial charge in [-0.2, -0.15) is 17.5 Å². The number of carbonyl (C=O) groups is 4. The van der Waals surface area contributed by atoms with Crippen molar-refractivity contribution in [2.24, 2.45) is 17.8 Å². The molecule has 2 saturated carbocycles. The normalized spacial score (nSPS) is 31.5. The first kappa shape index (κ1) is 43.3. The topological polar surface area (TPSA) is 182 Å². The van der Waals surface area contributed by atoms with Crippen molar-refractivity contribution in [2.75, 3.05) is 26.4 Å². The van der Waals surface area contributed by atoms with Crippen molar-refractivity contribution in [3.05, 3.63) is 48.7 Å². The Kier molecular flexibility index (Phi) is 13.0. The van der Waals surface area contributed by atoms with Crippen LogP contribution in [0.4, 0.5) is 9.18 Å². The van der Waals surface area contributed by atoms with Gasteiger partial charge in [-0.15, -0.1) is 12.1 Å². The van der Waals surface area contributed by atoms with Gasteiger partial charge in [0.05, 0.1) is 19.8 Å². The number of pyridine rings is 1. The van der Waals surface area contributed by atoms with Crippen molar-refractivity contribution in [3.63, 3.8) is 0 Å². The molecule has 0 unspecified atom stereocenters. The van der Waals surface area contributed by atoms with Crippen LogP contribution in [-0.4, -0.2) is 103 Å². The van der Waals surface area contributed by atoms with Gasteiger partial charge in [-0.05, 0) is 63.5 Å². The predicted molar refractivity (Wildman–Crippen MR) is 202 cm³/mol. The third kappa shape index (κ3) is 9.16. The van der Waals surface area contributed by atoms with E-state index in [1.165, 1.54) is 11.1 Å². The average Bonchev–Trinajstić information content (AvgIpc) is 4.07. The maximum Gasteiger partial charge on any atom is 0.408 e. The van der Waals surface area contributed by atoms with E-state index < -0.39 is 80.5 Å². The SMILES string of the molecule is C[C@H]1CC/C=C\[C@@H]2C[C@@]2(C(=O)NS(=O)(=O)C2(CF)CC2)NC(=O)[C@@H]2C[C@@H](Oc3nc[c-]c4ccccc34)CN2C(=O)[C@@H](NC(=O)OC2(C)CCOCC2)[C@H](C)C1.[U]. The van der Waals surface area contributed by atoms with Gasteiger partial charge in [-0.25, -0.2) is 22.6 Å². The van der Waals surface area contributed by atoms with Crippen LogP contribution in [0.5, 0.6) is 5.88 Å². The van der Waals surface area contributed by atoms with Gasteiger partial charge in [0.2, 0.25) is 21.8 Å². The Labute approximate surface area is 356 Å². The molecule has 1 aromatic heterocycles. The van der Waals surface area contributed by atoms with Crippen LogP contribution in [0.1, 0.15) is 78.6 Å². The minimum Gasteiger partial charge on any atom is -0.482 e. The smallest absolute Gasteiger partial charge is 0.408 e. The molecule has 17 heteroatoms. The third-order valence-corrected chi connectivity index (χ3v) is 14.4. The molecule has 7 atom stereocenters. The minimum absolute atomic E-state index is 0. The van der Waals surface area contributed by atoms with E-state index in [9.17, 15) is 32.0 Å². The van der Waals surface area contributed by atoms with E-state index in [-0.39, 0.29) is 75.2 Å². The van der Waals surface area contributed by atoms with Crippen LogP contribution < -0.4 is 20.1 Å². The summed E-state index contributed by atoms with van der Waals surface area (Å²) in [7, 11) is -4.38. The van der Waals surface area contributed by atoms with Crippen molar-refractivity contribution in [2.45, 2.75) is 113 Å². The van der Waals surface area contributed by atoms with E-state index in [2.05, 4.69) is 33.3 Å². The van der Waals surface area contributed by atoms with E-state index in [4.69, 9.17) is 14.2 Å². The molecule has 4 amide bonds. The van der Waals surface area contributed by atoms with E-state index in [1.54, 1.807) is 0 Å². The summed E-state index contributed by atoms with van der Waals surface area (Å²) in [6.45, 7) is 5.48. The maximum atomic E-state index is 14.9. The van der Waals surface area contributed by atoms with Gasteiger partial charge >= 0.3 is 6.09 Å². The van der Waals surface area contributed by atoms with Crippen LogP contribution in [-0.2, 0) is 33.9 Å². The number of hydrogen-bond donors (Lipinski definition) is 3. The summed E-state index contributed by atoms with van der Waals surface area (Å²) in [5, 5.41) is 7.14. The number of nitrogens with zero attached hydrogens (tertiary/aromatic N) is 2. The quantitative estimate of drug-likeness (QED) is 0.260. The number of alkyl halides is 1. The van der Waals surface area contributed by atoms with Gasteiger partial charge in [0, 0.05) is 56.3 Å². The van der Waals surface area contributed by atoms with E-state index >= 15 is 0 Å². The fraction of sp³-hybridized carbons (Fsp3) is 0.625. The number of nitrogens with one attached hydrogen (secondary N) is 3. The van der Waals surface area contributed by atoms with Crippen molar-refractivity contribution < 1.29 is 77.3 Å². The second kappa shape index (κ2) is 17.1. The van der Waals surface area contributed by atoms with Crippen molar-refractivity contribution in [3.8, 4) is 5.88 Å². The molecule has 2 aliphatic carbocycles. The Hall–Kier alpha value is -3.26. The number of rotatable bonds is 8. The number of fused-ring (bicyclic) bond motifs is 3. The van der Waals surface area contributed by atoms with Crippen LogP contribution in [0.15, 0.2) is 42.6 Å². The zero-order valence-corrected chi connectivity index (χ0v) is 37.5. The number of alkyl carbamates (subject to hydrolysis) is 1. The summed E-state index contributed by atoms with van der Waals surface area (Å²) >= 11 is 0. The molecular weight excluding hydrogens is 984 g/mol. The van der Waals surface area contributed by atoms with Crippen molar-refractivity contribution in [1.29, 1.82) is 0 Å². The summed E-state index contributed by atoms with van der Waals surface area (Å²) in [6, 6.07) is 8.21. The van der Waals surface area contributed by atoms with Crippen LogP contribution in [0.2, 0.25) is 0 Å². The fourth-order valence-electron chi connectivity index (χ4n) is 8.31. The molecular formula is C40H51FN5O9SU-. The fourth-order valence-corrected chi connectivity index (χ4v) is 9.74. The first-order valence-corrected chi connectivity index (χ1v) is 21.1. The second-order valence-corrected chi connectivity index (χ2v) is 18.7. The molecule has 0 spiro atoms. The summed E-state index contributed by atoms with van der Waals surface area (Å²) in [5.41, 5.74) is -2.42. The molecule has 4 heterocycles. The van der Waals surface area contributed by atoms with Crippen molar-refractivity contribution >= 4 is 44.6 Å². The monoisotopic (exact) mass is 1030 g/mol. The molecule has 1 aromatic carbocycles. The number of aromatic nitrogens is 1. The number of halogens is 1. The number of benzene rings is 1. The van der Waals surface area contributed by atoms with Gasteiger partial charge in [0.15, 0.2) is 5.88 Å². The van der Waals surface area contributed by atoms with Gasteiger partial charge in [-0.1, -0.05) is 37.5 Å². The molecule has 14 nitrogen and oxygen atoms in total. The molecule has 57 heavy (non-hydrogen) atoms. The zero-order chi connectivity index (χ0) is 39.9. The molecule has 3 N–H and O–H groups in total. The molecule has 2 aromatic rings. The van der Waals surface area contributed by atoms with Crippen molar-refractivity contribution in [1.82, 2.24) is 25.2 Å². The van der Waals surface area contributed by atoms with Crippen LogP contribution in [0.3, 0.4) is 0 Å². The van der Waals surface area contributed by atoms with Gasteiger partial charge < -0.3 is 29.7 Å². The Morgan fingerprint density at radius 3 is 2.58 bits per heavy atom. The Bertz CT molecular complexity index is 1990. The largest absolute Gasteiger partial charge is 0.482 e. The summed E-state index contributed by atoms with van der Waals surface area (Å²) in [5.74, 6) is -2.66. The minimum atomic E-state index is -4.38. The standard InChI is InChI=1S/C40H51FN5O9S.U/c1-25-8-4-6-10-28-22-40(28,36(49)45-56(51,52)39(24-41)13-14-39)44-33(47)31-21-29(54-34-30-11-7-5-9-27(30)12-17-42-34)23-46(31)35(48)32(26(2)20-25)43-37(50)55-38(3)15-18-53-19-16-38;/h5-7,9-11,17,25-26,28-29,31-32H,4,8,13-16,18-24H2,1-3H3,(H,43,50)(H,44,47)(H,45,49);/q-1;/b10-6-;/t25-,26+,28+,29+,31-,32-,40+;/m0./s1. The number of hydrogen-bond acceptors (Lipinski definition) is 10. The van der Waals surface area contributed by atoms with Gasteiger partial charge in [0.1, 0.15) is 40.7 Å². The van der Waals surface area contributed by atoms with E-state index in [1.807, 2.05) is 50.3 Å². The van der Waals surface area contributed by atoms with Gasteiger partial charge in [0.25, 0.3) is 5.91 Å². The first-order chi connectivity index (χ1) is 26.7. The second-order valence-electron chi connectivity index (χ2n) is 16.7. The van der Waals surface area contributed by atoms with Crippen LogP contribution >= 0.6 is 0 Å². The molecule has 308 valence electrons. The molecule has 2 saturated heterocycles. The molecule has 3 aliphatic heterocycles. The zero-order valence-electron chi connectivity index (χ0n) is 32.6. The average molecular weight is 1030 g/mol.